The largest absolute Gasteiger partial charge is 0.306 e. The van der Waals surface area contributed by atoms with Crippen molar-refractivity contribution in [2.75, 3.05) is 4.72 Å². The number of anilines is 1. The van der Waals surface area contributed by atoms with Gasteiger partial charge in [-0.05, 0) is 49.7 Å². The van der Waals surface area contributed by atoms with E-state index in [4.69, 9.17) is 0 Å². The van der Waals surface area contributed by atoms with Crippen molar-refractivity contribution >= 4 is 27.1 Å². The molecule has 7 heteroatoms. The zero-order chi connectivity index (χ0) is 20.6. The minimum atomic E-state index is -3.83. The molecule has 29 heavy (non-hydrogen) atoms. The Kier molecular flexibility index (Phi) is 4.68. The maximum Gasteiger partial charge on any atom is 0.261 e. The zero-order valence-electron chi connectivity index (χ0n) is 16.0. The zero-order valence-corrected chi connectivity index (χ0v) is 16.8. The number of fused-ring (bicyclic) bond motifs is 1. The molecule has 146 valence electrons. The third-order valence-electron chi connectivity index (χ3n) is 4.64. The summed E-state index contributed by atoms with van der Waals surface area (Å²) in [7, 11) is -3.83. The maximum absolute atomic E-state index is 12.8. The summed E-state index contributed by atoms with van der Waals surface area (Å²) < 4.78 is 30.1. The van der Waals surface area contributed by atoms with Gasteiger partial charge in [0.05, 0.1) is 10.6 Å². The maximum atomic E-state index is 12.8. The van der Waals surface area contributed by atoms with Crippen molar-refractivity contribution in [1.29, 1.82) is 0 Å². The van der Waals surface area contributed by atoms with Gasteiger partial charge in [-0.15, -0.1) is 0 Å². The highest BCUT2D eigenvalue weighted by Crippen LogP contribution is 2.25. The number of Topliss-reactive ketones (excluding diaryl/α,β-unsaturated/α-hetero) is 1. The van der Waals surface area contributed by atoms with Crippen LogP contribution < -0.4 is 4.72 Å². The van der Waals surface area contributed by atoms with E-state index >= 15 is 0 Å². The molecule has 1 N–H and O–H groups in total. The predicted octanol–water partition coefficient (Wildman–Crippen LogP) is 4.31. The summed E-state index contributed by atoms with van der Waals surface area (Å²) in [6.07, 6.45) is 3.83. The quantitative estimate of drug-likeness (QED) is 0.502. The normalized spacial score (nSPS) is 11.5. The van der Waals surface area contributed by atoms with E-state index in [2.05, 4.69) is 9.71 Å². The van der Waals surface area contributed by atoms with Gasteiger partial charge >= 0.3 is 0 Å². The lowest BCUT2D eigenvalue weighted by Gasteiger charge is -2.10. The highest BCUT2D eigenvalue weighted by atomic mass is 32.2. The summed E-state index contributed by atoms with van der Waals surface area (Å²) in [5.41, 5.74) is 4.23. The number of carbonyl (C=O) groups excluding carboxylic acids is 1. The molecule has 4 aromatic rings. The van der Waals surface area contributed by atoms with E-state index < -0.39 is 10.0 Å². The van der Waals surface area contributed by atoms with Gasteiger partial charge in [0.15, 0.2) is 5.78 Å². The first kappa shape index (κ1) is 18.9. The number of benzene rings is 2. The molecule has 0 atom stereocenters. The molecule has 0 radical (unpaired) electrons. The molecule has 0 aliphatic carbocycles. The van der Waals surface area contributed by atoms with Crippen LogP contribution in [-0.4, -0.2) is 23.6 Å². The number of rotatable bonds is 5. The van der Waals surface area contributed by atoms with Crippen molar-refractivity contribution in [2.45, 2.75) is 18.7 Å². The summed E-state index contributed by atoms with van der Waals surface area (Å²) in [5.74, 6) is -0.189. The fraction of sp³-hybridized carbons (Fsp3) is 0.0909. The molecule has 2 aromatic carbocycles. The molecule has 0 unspecified atom stereocenters. The average molecular weight is 405 g/mol. The molecule has 6 nitrogen and oxygen atoms in total. The summed E-state index contributed by atoms with van der Waals surface area (Å²) in [5, 5.41) is 0. The Balaban J connectivity index is 1.67. The van der Waals surface area contributed by atoms with E-state index in [-0.39, 0.29) is 10.7 Å². The van der Waals surface area contributed by atoms with Gasteiger partial charge in [-0.1, -0.05) is 30.3 Å². The fourth-order valence-electron chi connectivity index (χ4n) is 3.13. The van der Waals surface area contributed by atoms with Crippen LogP contribution in [0.5, 0.6) is 0 Å². The molecule has 0 amide bonds. The Morgan fingerprint density at radius 2 is 1.83 bits per heavy atom. The Bertz CT molecular complexity index is 1340. The van der Waals surface area contributed by atoms with Crippen molar-refractivity contribution < 1.29 is 13.2 Å². The standard InChI is InChI=1S/C22H19N3O3S/c1-15-6-5-11-25-14-21(23-22(15)25)18-8-3-9-19(12-18)24-29(27,28)20-10-4-7-17(13-20)16(2)26/h3-14,24H,1-2H3. The van der Waals surface area contributed by atoms with E-state index in [9.17, 15) is 13.2 Å². The average Bonchev–Trinajstić information content (AvgIpc) is 3.14. The first-order chi connectivity index (χ1) is 13.8. The number of aromatic nitrogens is 2. The third-order valence-corrected chi connectivity index (χ3v) is 6.02. The molecule has 0 spiro atoms. The van der Waals surface area contributed by atoms with Gasteiger partial charge in [-0.25, -0.2) is 13.4 Å². The van der Waals surface area contributed by atoms with Crippen LogP contribution in [0.3, 0.4) is 0 Å². The number of nitrogens with one attached hydrogen (secondary N) is 1. The van der Waals surface area contributed by atoms with Crippen LogP contribution in [0.25, 0.3) is 16.9 Å². The van der Waals surface area contributed by atoms with Gasteiger partial charge in [-0.3, -0.25) is 9.52 Å². The van der Waals surface area contributed by atoms with Crippen LogP contribution >= 0.6 is 0 Å². The van der Waals surface area contributed by atoms with Crippen molar-refractivity contribution in [2.24, 2.45) is 0 Å². The Morgan fingerprint density at radius 3 is 2.59 bits per heavy atom. The highest BCUT2D eigenvalue weighted by Gasteiger charge is 2.16. The molecule has 0 bridgehead atoms. The lowest BCUT2D eigenvalue weighted by molar-refractivity contribution is 0.101. The van der Waals surface area contributed by atoms with Crippen LogP contribution in [-0.2, 0) is 10.0 Å². The number of carbonyl (C=O) groups is 1. The molecule has 0 aliphatic rings. The lowest BCUT2D eigenvalue weighted by atomic mass is 10.1. The highest BCUT2D eigenvalue weighted by molar-refractivity contribution is 7.92. The lowest BCUT2D eigenvalue weighted by Crippen LogP contribution is -2.13. The molecule has 2 aromatic heterocycles. The molecule has 0 saturated heterocycles. The van der Waals surface area contributed by atoms with Gasteiger partial charge in [0, 0.05) is 29.2 Å². The van der Waals surface area contributed by atoms with Gasteiger partial charge in [-0.2, -0.15) is 0 Å². The smallest absolute Gasteiger partial charge is 0.261 e. The summed E-state index contributed by atoms with van der Waals surface area (Å²) >= 11 is 0. The number of hydrogen-bond donors (Lipinski definition) is 1. The van der Waals surface area contributed by atoms with Crippen molar-refractivity contribution in [3.8, 4) is 11.3 Å². The summed E-state index contributed by atoms with van der Waals surface area (Å²) in [4.78, 5) is 16.3. The van der Waals surface area contributed by atoms with Crippen molar-refractivity contribution in [3.05, 3.63) is 84.2 Å². The molecular formula is C22H19N3O3S. The molecule has 0 aliphatic heterocycles. The molecule has 0 saturated carbocycles. The van der Waals surface area contributed by atoms with Crippen LogP contribution in [0.15, 0.2) is 78.0 Å². The predicted molar refractivity (Wildman–Crippen MR) is 113 cm³/mol. The van der Waals surface area contributed by atoms with Gasteiger partial charge < -0.3 is 4.40 Å². The first-order valence-corrected chi connectivity index (χ1v) is 10.5. The molecular weight excluding hydrogens is 386 g/mol. The van der Waals surface area contributed by atoms with Crippen LogP contribution in [0.1, 0.15) is 22.8 Å². The van der Waals surface area contributed by atoms with Gasteiger partial charge in [0.1, 0.15) is 5.65 Å². The Hall–Kier alpha value is -3.45. The minimum Gasteiger partial charge on any atom is -0.306 e. The second-order valence-electron chi connectivity index (χ2n) is 6.82. The number of hydrogen-bond acceptors (Lipinski definition) is 4. The minimum absolute atomic E-state index is 0.0407. The number of sulfonamides is 1. The second-order valence-corrected chi connectivity index (χ2v) is 8.50. The molecule has 4 rings (SSSR count). The Morgan fingerprint density at radius 1 is 1.03 bits per heavy atom. The summed E-state index contributed by atoms with van der Waals surface area (Å²) in [6.45, 7) is 3.39. The number of pyridine rings is 1. The van der Waals surface area contributed by atoms with Gasteiger partial charge in [0.25, 0.3) is 10.0 Å². The fourth-order valence-corrected chi connectivity index (χ4v) is 4.23. The van der Waals surface area contributed by atoms with E-state index in [1.54, 1.807) is 30.3 Å². The number of ketones is 1. The Labute approximate surface area is 168 Å². The monoisotopic (exact) mass is 405 g/mol. The SMILES string of the molecule is CC(=O)c1cccc(S(=O)(=O)Nc2cccc(-c3cn4cccc(C)c4n3)c2)c1. The van der Waals surface area contributed by atoms with Gasteiger partial charge in [0.2, 0.25) is 0 Å². The number of nitrogens with zero attached hydrogens (tertiary/aromatic N) is 2. The topological polar surface area (TPSA) is 80.5 Å². The van der Waals surface area contributed by atoms with E-state index in [1.807, 2.05) is 41.9 Å². The molecule has 0 fully saturated rings. The van der Waals surface area contributed by atoms with E-state index in [1.165, 1.54) is 19.1 Å². The third kappa shape index (κ3) is 3.77. The second kappa shape index (κ2) is 7.18. The first-order valence-electron chi connectivity index (χ1n) is 9.02. The van der Waals surface area contributed by atoms with Crippen LogP contribution in [0, 0.1) is 6.92 Å². The number of aryl methyl sites for hydroxylation is 1. The van der Waals surface area contributed by atoms with Crippen molar-refractivity contribution in [3.63, 3.8) is 0 Å². The van der Waals surface area contributed by atoms with Crippen LogP contribution in [0.4, 0.5) is 5.69 Å². The number of imidazole rings is 1. The van der Waals surface area contributed by atoms with E-state index in [0.29, 0.717) is 11.3 Å². The van der Waals surface area contributed by atoms with Crippen molar-refractivity contribution in [1.82, 2.24) is 9.38 Å². The summed E-state index contributed by atoms with van der Waals surface area (Å²) in [6, 6.07) is 17.0. The van der Waals surface area contributed by atoms with E-state index in [0.717, 1.165) is 22.5 Å². The van der Waals surface area contributed by atoms with Crippen LogP contribution in [0.2, 0.25) is 0 Å². The molecule has 2 heterocycles.